The molecule has 0 saturated carbocycles. The zero-order valence-electron chi connectivity index (χ0n) is 17.3. The molecule has 0 fully saturated rings. The van der Waals surface area contributed by atoms with Crippen LogP contribution in [0.4, 0.5) is 0 Å². The van der Waals surface area contributed by atoms with Gasteiger partial charge in [0.1, 0.15) is 15.7 Å². The number of benzene rings is 3. The third-order valence-electron chi connectivity index (χ3n) is 5.67. The van der Waals surface area contributed by atoms with Crippen LogP contribution in [0, 0.1) is 20.8 Å². The summed E-state index contributed by atoms with van der Waals surface area (Å²) >= 11 is 0. The monoisotopic (exact) mass is 348 g/mol. The number of rotatable bonds is 2. The van der Waals surface area contributed by atoms with Crippen LogP contribution < -0.4 is 10.9 Å². The van der Waals surface area contributed by atoms with Crippen LogP contribution in [-0.2, 0) is 5.41 Å². The average molecular weight is 348 g/mol. The second-order valence-corrected chi connectivity index (χ2v) is 8.48. The van der Waals surface area contributed by atoms with Crippen LogP contribution in [0.1, 0.15) is 43.0 Å². The largest absolute Gasteiger partial charge is 0.113 e. The van der Waals surface area contributed by atoms with Crippen LogP contribution in [0.3, 0.4) is 0 Å². The van der Waals surface area contributed by atoms with Gasteiger partial charge in [0.2, 0.25) is 0 Å². The third kappa shape index (κ3) is 3.63. The second-order valence-electron chi connectivity index (χ2n) is 8.48. The second kappa shape index (κ2) is 7.08. The summed E-state index contributed by atoms with van der Waals surface area (Å²) in [6, 6.07) is 17.6. The molecule has 0 aliphatic carbocycles. The molecule has 3 aromatic rings. The first-order valence-electron chi connectivity index (χ1n) is 9.47. The van der Waals surface area contributed by atoms with Crippen molar-refractivity contribution in [1.29, 1.82) is 0 Å². The smallest absolute Gasteiger partial charge is 0.100 e. The molecule has 0 aliphatic rings. The van der Waals surface area contributed by atoms with E-state index in [1.807, 2.05) is 13.8 Å². The van der Waals surface area contributed by atoms with Crippen molar-refractivity contribution in [3.8, 4) is 22.3 Å². The molecule has 2 heteroatoms. The van der Waals surface area contributed by atoms with Gasteiger partial charge in [-0.15, -0.1) is 5.46 Å². The van der Waals surface area contributed by atoms with E-state index in [0.29, 0.717) is 10.9 Å². The van der Waals surface area contributed by atoms with Gasteiger partial charge in [0.05, 0.1) is 0 Å². The van der Waals surface area contributed by atoms with E-state index < -0.39 is 0 Å². The quantitative estimate of drug-likeness (QED) is 0.582. The topological polar surface area (TPSA) is 0 Å². The van der Waals surface area contributed by atoms with Crippen molar-refractivity contribution in [3.05, 3.63) is 70.8 Å². The van der Waals surface area contributed by atoms with E-state index in [0.717, 1.165) is 11.1 Å². The van der Waals surface area contributed by atoms with Gasteiger partial charge in [-0.1, -0.05) is 85.9 Å². The van der Waals surface area contributed by atoms with Crippen molar-refractivity contribution < 1.29 is 0 Å². The molecule has 0 amide bonds. The Labute approximate surface area is 166 Å². The normalized spacial score (nSPS) is 11.6. The molecule has 0 saturated heterocycles. The van der Waals surface area contributed by atoms with E-state index in [9.17, 15) is 0 Å². The van der Waals surface area contributed by atoms with E-state index >= 15 is 0 Å². The van der Waals surface area contributed by atoms with Crippen LogP contribution in [0.15, 0.2) is 48.5 Å². The fourth-order valence-electron chi connectivity index (χ4n) is 3.63. The third-order valence-corrected chi connectivity index (χ3v) is 5.67. The number of hydrogen-bond donors (Lipinski definition) is 0. The highest BCUT2D eigenvalue weighted by Crippen LogP contribution is 2.31. The van der Waals surface area contributed by atoms with Gasteiger partial charge in [0.25, 0.3) is 0 Å². The first-order valence-corrected chi connectivity index (χ1v) is 9.47. The molecule has 3 aromatic carbocycles. The molecule has 0 spiro atoms. The van der Waals surface area contributed by atoms with Crippen molar-refractivity contribution in [2.45, 2.75) is 47.0 Å². The molecule has 0 unspecified atom stereocenters. The van der Waals surface area contributed by atoms with Gasteiger partial charge in [-0.05, 0) is 59.6 Å². The maximum atomic E-state index is 6.23. The van der Waals surface area contributed by atoms with Gasteiger partial charge in [-0.2, -0.15) is 0 Å². The fraction of sp³-hybridized carbons (Fsp3) is 0.280. The predicted molar refractivity (Wildman–Crippen MR) is 121 cm³/mol. The minimum absolute atomic E-state index is 0.171. The summed E-state index contributed by atoms with van der Waals surface area (Å²) in [5, 5.41) is 0. The van der Waals surface area contributed by atoms with Crippen LogP contribution in [0.2, 0.25) is 0 Å². The lowest BCUT2D eigenvalue weighted by Crippen LogP contribution is -2.32. The van der Waals surface area contributed by atoms with Crippen molar-refractivity contribution in [1.82, 2.24) is 0 Å². The van der Waals surface area contributed by atoms with Gasteiger partial charge < -0.3 is 0 Å². The van der Waals surface area contributed by atoms with Crippen LogP contribution in [-0.4, -0.2) is 15.7 Å². The Morgan fingerprint density at radius 2 is 0.963 bits per heavy atom. The predicted octanol–water partition coefficient (Wildman–Crippen LogP) is 4.83. The van der Waals surface area contributed by atoms with E-state index in [4.69, 9.17) is 15.7 Å². The van der Waals surface area contributed by atoms with Crippen LogP contribution in [0.5, 0.6) is 0 Å². The highest BCUT2D eigenvalue weighted by Gasteiger charge is 2.14. The Kier molecular flexibility index (Phi) is 5.12. The summed E-state index contributed by atoms with van der Waals surface area (Å²) in [6.07, 6.45) is 0. The molecule has 132 valence electrons. The highest BCUT2D eigenvalue weighted by molar-refractivity contribution is 6.50. The standard InChI is InChI=1S/C25H26B2/c1-15-16(2)23(26)24(27)17(3)22(15)20-9-7-18(8-10-20)19-11-13-21(14-12-19)25(4,5)6/h7-14H,1-6H3. The minimum Gasteiger partial charge on any atom is -0.100 e. The van der Waals surface area contributed by atoms with Gasteiger partial charge in [-0.3, -0.25) is 0 Å². The van der Waals surface area contributed by atoms with Crippen molar-refractivity contribution in [3.63, 3.8) is 0 Å². The van der Waals surface area contributed by atoms with Crippen molar-refractivity contribution >= 4 is 26.6 Å². The molecule has 0 nitrogen and oxygen atoms in total. The summed E-state index contributed by atoms with van der Waals surface area (Å²) in [5.74, 6) is 0. The van der Waals surface area contributed by atoms with Crippen LogP contribution in [0.25, 0.3) is 22.3 Å². The minimum atomic E-state index is 0.171. The molecule has 0 aliphatic heterocycles. The molecule has 0 bridgehead atoms. The van der Waals surface area contributed by atoms with Gasteiger partial charge >= 0.3 is 0 Å². The lowest BCUT2D eigenvalue weighted by molar-refractivity contribution is 0.590. The highest BCUT2D eigenvalue weighted by atomic mass is 14.2. The van der Waals surface area contributed by atoms with Crippen molar-refractivity contribution in [2.24, 2.45) is 0 Å². The molecule has 0 atom stereocenters. The summed E-state index contributed by atoms with van der Waals surface area (Å²) in [6.45, 7) is 12.9. The molecule has 0 aromatic heterocycles. The summed E-state index contributed by atoms with van der Waals surface area (Å²) in [7, 11) is 12.4. The zero-order chi connectivity index (χ0) is 19.9. The summed E-state index contributed by atoms with van der Waals surface area (Å²) in [4.78, 5) is 0. The Morgan fingerprint density at radius 1 is 0.556 bits per heavy atom. The Balaban J connectivity index is 2.00. The van der Waals surface area contributed by atoms with Crippen molar-refractivity contribution in [2.75, 3.05) is 0 Å². The number of hydrogen-bond acceptors (Lipinski definition) is 0. The van der Waals surface area contributed by atoms with E-state index in [1.54, 1.807) is 0 Å². The molecule has 4 radical (unpaired) electrons. The lowest BCUT2D eigenvalue weighted by Gasteiger charge is -2.20. The SMILES string of the molecule is [B]c1c([B])c(C)c(-c2ccc(-c3ccc(C(C)(C)C)cc3)cc2)c(C)c1C. The molecular weight excluding hydrogens is 322 g/mol. The van der Waals surface area contributed by atoms with Crippen LogP contribution >= 0.6 is 0 Å². The Morgan fingerprint density at radius 3 is 1.44 bits per heavy atom. The lowest BCUT2D eigenvalue weighted by atomic mass is 9.71. The summed E-state index contributed by atoms with van der Waals surface area (Å²) < 4.78 is 0. The van der Waals surface area contributed by atoms with E-state index in [2.05, 4.69) is 76.2 Å². The molecule has 0 N–H and O–H groups in total. The molecule has 0 heterocycles. The summed E-state index contributed by atoms with van der Waals surface area (Å²) in [5.41, 5.74) is 11.0. The van der Waals surface area contributed by atoms with E-state index in [1.165, 1.54) is 33.4 Å². The zero-order valence-corrected chi connectivity index (χ0v) is 17.3. The Hall–Kier alpha value is -2.21. The molecule has 27 heavy (non-hydrogen) atoms. The van der Waals surface area contributed by atoms with E-state index in [-0.39, 0.29) is 5.41 Å². The van der Waals surface area contributed by atoms with Gasteiger partial charge in [-0.25, -0.2) is 0 Å². The molecular formula is C25H26B2. The first kappa shape index (κ1) is 19.5. The van der Waals surface area contributed by atoms with Gasteiger partial charge in [0.15, 0.2) is 0 Å². The maximum absolute atomic E-state index is 6.23. The maximum Gasteiger partial charge on any atom is 0.113 e. The average Bonchev–Trinajstić information content (AvgIpc) is 2.65. The molecule has 3 rings (SSSR count). The first-order chi connectivity index (χ1) is 12.6. The Bertz CT molecular complexity index is 944. The fourth-order valence-corrected chi connectivity index (χ4v) is 3.63. The van der Waals surface area contributed by atoms with Gasteiger partial charge in [0, 0.05) is 0 Å².